The molecule has 0 spiro atoms. The van der Waals surface area contributed by atoms with Gasteiger partial charge in [0, 0.05) is 12.6 Å². The van der Waals surface area contributed by atoms with E-state index < -0.39 is 11.7 Å². The van der Waals surface area contributed by atoms with Crippen LogP contribution >= 0.6 is 11.3 Å². The summed E-state index contributed by atoms with van der Waals surface area (Å²) in [7, 11) is 0. The van der Waals surface area contributed by atoms with Crippen LogP contribution in [0.5, 0.6) is 0 Å². The first-order valence-electron chi connectivity index (χ1n) is 8.61. The van der Waals surface area contributed by atoms with Crippen molar-refractivity contribution in [3.8, 4) is 10.8 Å². The van der Waals surface area contributed by atoms with Gasteiger partial charge in [-0.25, -0.2) is 4.79 Å². The van der Waals surface area contributed by atoms with Crippen LogP contribution in [0.1, 0.15) is 32.6 Å². The fourth-order valence-corrected chi connectivity index (χ4v) is 3.55. The predicted octanol–water partition coefficient (Wildman–Crippen LogP) is 1.90. The summed E-state index contributed by atoms with van der Waals surface area (Å²) in [6.07, 6.45) is 3.01. The lowest BCUT2D eigenvalue weighted by atomic mass is 10.0. The Morgan fingerprint density at radius 2 is 2.27 bits per heavy atom. The maximum Gasteiger partial charge on any atom is 0.437 e. The molecular formula is C17H21N3O5S. The van der Waals surface area contributed by atoms with E-state index >= 15 is 0 Å². The van der Waals surface area contributed by atoms with Crippen LogP contribution in [0.3, 0.4) is 0 Å². The number of ether oxygens (including phenoxy) is 1. The number of aryl methyl sites for hydroxylation is 1. The highest BCUT2D eigenvalue weighted by Crippen LogP contribution is 2.21. The Bertz CT molecular complexity index is 811. The van der Waals surface area contributed by atoms with Gasteiger partial charge in [0.25, 0.3) is 11.8 Å². The van der Waals surface area contributed by atoms with Crippen molar-refractivity contribution in [1.82, 2.24) is 14.7 Å². The molecule has 9 heteroatoms. The molecule has 1 unspecified atom stereocenters. The number of carbonyl (C=O) groups is 2. The molecule has 0 aromatic carbocycles. The van der Waals surface area contributed by atoms with Gasteiger partial charge in [0.05, 0.1) is 17.8 Å². The monoisotopic (exact) mass is 379 g/mol. The van der Waals surface area contributed by atoms with Gasteiger partial charge >= 0.3 is 11.7 Å². The van der Waals surface area contributed by atoms with E-state index in [9.17, 15) is 14.4 Å². The zero-order chi connectivity index (χ0) is 18.5. The molecule has 26 heavy (non-hydrogen) atoms. The van der Waals surface area contributed by atoms with Crippen molar-refractivity contribution in [2.24, 2.45) is 0 Å². The normalized spacial score (nSPS) is 17.3. The molecule has 2 aromatic heterocycles. The first-order chi connectivity index (χ1) is 12.5. The van der Waals surface area contributed by atoms with Crippen molar-refractivity contribution >= 4 is 23.2 Å². The molecule has 140 valence electrons. The molecule has 1 amide bonds. The Morgan fingerprint density at radius 3 is 3.00 bits per heavy atom. The number of piperidine rings is 1. The third-order valence-electron chi connectivity index (χ3n) is 4.35. The molecule has 1 fully saturated rings. The minimum absolute atomic E-state index is 0.0425. The van der Waals surface area contributed by atoms with Crippen molar-refractivity contribution in [2.45, 2.75) is 45.2 Å². The zero-order valence-corrected chi connectivity index (χ0v) is 15.4. The largest absolute Gasteiger partial charge is 0.456 e. The van der Waals surface area contributed by atoms with E-state index in [0.717, 1.165) is 28.8 Å². The summed E-state index contributed by atoms with van der Waals surface area (Å²) in [5.74, 6) is -1.12. The van der Waals surface area contributed by atoms with E-state index in [1.165, 1.54) is 11.3 Å². The SMILES string of the molecule is CC1CCCCN1C(=O)COC(=O)CCn1nc(-c2cccs2)oc1=O. The number of esters is 1. The van der Waals surface area contributed by atoms with Gasteiger partial charge in [0.2, 0.25) is 0 Å². The molecule has 1 atom stereocenters. The number of thiophene rings is 1. The number of amides is 1. The van der Waals surface area contributed by atoms with Crippen molar-refractivity contribution in [3.05, 3.63) is 28.1 Å². The average molecular weight is 379 g/mol. The quantitative estimate of drug-likeness (QED) is 0.712. The van der Waals surface area contributed by atoms with Crippen molar-refractivity contribution in [1.29, 1.82) is 0 Å². The van der Waals surface area contributed by atoms with Crippen LogP contribution in [-0.2, 0) is 20.9 Å². The van der Waals surface area contributed by atoms with E-state index in [2.05, 4.69) is 5.10 Å². The van der Waals surface area contributed by atoms with Crippen LogP contribution in [0, 0.1) is 0 Å². The highest BCUT2D eigenvalue weighted by molar-refractivity contribution is 7.13. The summed E-state index contributed by atoms with van der Waals surface area (Å²) in [6, 6.07) is 3.80. The Labute approximate surface area is 154 Å². The van der Waals surface area contributed by atoms with Crippen molar-refractivity contribution in [3.63, 3.8) is 0 Å². The molecule has 0 aliphatic carbocycles. The average Bonchev–Trinajstić information content (AvgIpc) is 3.28. The third-order valence-corrected chi connectivity index (χ3v) is 5.20. The van der Waals surface area contributed by atoms with Gasteiger partial charge in [-0.2, -0.15) is 4.68 Å². The number of likely N-dealkylation sites (tertiary alicyclic amines) is 1. The van der Waals surface area contributed by atoms with E-state index in [0.29, 0.717) is 6.54 Å². The second-order valence-corrected chi connectivity index (χ2v) is 7.16. The minimum Gasteiger partial charge on any atom is -0.456 e. The van der Waals surface area contributed by atoms with E-state index in [1.807, 2.05) is 18.4 Å². The fraction of sp³-hybridized carbons (Fsp3) is 0.529. The predicted molar refractivity (Wildman–Crippen MR) is 94.7 cm³/mol. The summed E-state index contributed by atoms with van der Waals surface area (Å²) < 4.78 is 11.2. The Kier molecular flexibility index (Phi) is 5.87. The van der Waals surface area contributed by atoms with Crippen LogP contribution < -0.4 is 5.76 Å². The van der Waals surface area contributed by atoms with Crippen LogP contribution in [0.25, 0.3) is 10.8 Å². The van der Waals surface area contributed by atoms with E-state index in [4.69, 9.17) is 9.15 Å². The first-order valence-corrected chi connectivity index (χ1v) is 9.49. The second-order valence-electron chi connectivity index (χ2n) is 6.22. The minimum atomic E-state index is -0.626. The van der Waals surface area contributed by atoms with Crippen LogP contribution in [0.4, 0.5) is 0 Å². The van der Waals surface area contributed by atoms with Crippen LogP contribution in [0.15, 0.2) is 26.7 Å². The molecule has 0 bridgehead atoms. The maximum atomic E-state index is 12.1. The smallest absolute Gasteiger partial charge is 0.437 e. The number of aromatic nitrogens is 2. The zero-order valence-electron chi connectivity index (χ0n) is 14.6. The van der Waals surface area contributed by atoms with E-state index in [-0.39, 0.29) is 37.4 Å². The van der Waals surface area contributed by atoms with Crippen LogP contribution in [-0.4, -0.2) is 45.8 Å². The number of hydrogen-bond acceptors (Lipinski definition) is 7. The lowest BCUT2D eigenvalue weighted by Crippen LogP contribution is -2.44. The lowest BCUT2D eigenvalue weighted by Gasteiger charge is -2.33. The number of carbonyl (C=O) groups excluding carboxylic acids is 2. The first kappa shape index (κ1) is 18.4. The number of rotatable bonds is 6. The summed E-state index contributed by atoms with van der Waals surface area (Å²) in [5, 5.41) is 5.92. The Hall–Kier alpha value is -2.42. The maximum absolute atomic E-state index is 12.1. The lowest BCUT2D eigenvalue weighted by molar-refractivity contribution is -0.153. The fourth-order valence-electron chi connectivity index (χ4n) is 2.91. The molecule has 0 N–H and O–H groups in total. The molecule has 1 aliphatic heterocycles. The second kappa shape index (κ2) is 8.31. The van der Waals surface area contributed by atoms with Gasteiger partial charge in [0.1, 0.15) is 0 Å². The third kappa shape index (κ3) is 4.40. The standard InChI is InChI=1S/C17H21N3O5S/c1-12-5-2-3-8-19(12)14(21)11-24-15(22)7-9-20-17(23)25-16(18-20)13-6-4-10-26-13/h4,6,10,12H,2-3,5,7-9,11H2,1H3. The summed E-state index contributed by atoms with van der Waals surface area (Å²) >= 11 is 1.41. The Morgan fingerprint density at radius 1 is 1.42 bits per heavy atom. The summed E-state index contributed by atoms with van der Waals surface area (Å²) in [5.41, 5.74) is 0. The number of nitrogens with zero attached hydrogens (tertiary/aromatic N) is 3. The van der Waals surface area contributed by atoms with Gasteiger partial charge in [-0.15, -0.1) is 16.4 Å². The summed E-state index contributed by atoms with van der Waals surface area (Å²) in [6.45, 7) is 2.48. The van der Waals surface area contributed by atoms with Gasteiger partial charge in [-0.3, -0.25) is 9.59 Å². The molecule has 3 rings (SSSR count). The molecule has 0 radical (unpaired) electrons. The molecular weight excluding hydrogens is 358 g/mol. The van der Waals surface area contributed by atoms with Crippen molar-refractivity contribution < 1.29 is 18.7 Å². The van der Waals surface area contributed by atoms with E-state index in [1.54, 1.807) is 11.0 Å². The summed E-state index contributed by atoms with van der Waals surface area (Å²) in [4.78, 5) is 38.3. The van der Waals surface area contributed by atoms with Gasteiger partial charge < -0.3 is 14.1 Å². The van der Waals surface area contributed by atoms with Crippen LogP contribution in [0.2, 0.25) is 0 Å². The molecule has 1 saturated heterocycles. The highest BCUT2D eigenvalue weighted by atomic mass is 32.1. The topological polar surface area (TPSA) is 94.6 Å². The van der Waals surface area contributed by atoms with Gasteiger partial charge in [-0.1, -0.05) is 6.07 Å². The number of hydrogen-bond donors (Lipinski definition) is 0. The molecule has 3 heterocycles. The molecule has 0 saturated carbocycles. The molecule has 1 aliphatic rings. The van der Waals surface area contributed by atoms with Gasteiger partial charge in [0.15, 0.2) is 6.61 Å². The van der Waals surface area contributed by atoms with Gasteiger partial charge in [-0.05, 0) is 37.6 Å². The highest BCUT2D eigenvalue weighted by Gasteiger charge is 2.24. The Balaban J connectivity index is 1.47. The van der Waals surface area contributed by atoms with Crippen molar-refractivity contribution in [2.75, 3.05) is 13.2 Å². The molecule has 2 aromatic rings. The molecule has 8 nitrogen and oxygen atoms in total.